The molecule has 0 saturated carbocycles. The molecular weight excluding hydrogens is 191 g/mol. The summed E-state index contributed by atoms with van der Waals surface area (Å²) in [6.45, 7) is 5.49. The zero-order valence-corrected chi connectivity index (χ0v) is 8.31. The molecule has 1 rings (SSSR count). The minimum atomic E-state index is -4.35. The lowest BCUT2D eigenvalue weighted by molar-refractivity contribution is -0.141. The molecule has 1 nitrogen and oxygen atoms in total. The van der Waals surface area contributed by atoms with Gasteiger partial charge in [-0.05, 0) is 30.0 Å². The first kappa shape index (κ1) is 11.0. The second-order valence-corrected chi connectivity index (χ2v) is 3.58. The molecule has 1 aromatic heterocycles. The highest BCUT2D eigenvalue weighted by molar-refractivity contribution is 5.29. The maximum absolute atomic E-state index is 12.3. The van der Waals surface area contributed by atoms with Crippen molar-refractivity contribution < 1.29 is 13.2 Å². The molecule has 0 spiro atoms. The highest BCUT2D eigenvalue weighted by Gasteiger charge is 2.32. The number of aromatic nitrogens is 1. The zero-order valence-electron chi connectivity index (χ0n) is 8.31. The monoisotopic (exact) mass is 203 g/mol. The largest absolute Gasteiger partial charge is 0.433 e. The van der Waals surface area contributed by atoms with Gasteiger partial charge in [-0.2, -0.15) is 13.2 Å². The summed E-state index contributed by atoms with van der Waals surface area (Å²) in [5.41, 5.74) is 0.687. The van der Waals surface area contributed by atoms with Gasteiger partial charge in [0.2, 0.25) is 0 Å². The summed E-state index contributed by atoms with van der Waals surface area (Å²) >= 11 is 0. The third-order valence-electron chi connectivity index (χ3n) is 2.06. The van der Waals surface area contributed by atoms with Crippen molar-refractivity contribution in [2.75, 3.05) is 0 Å². The Morgan fingerprint density at radius 2 is 1.86 bits per heavy atom. The van der Waals surface area contributed by atoms with E-state index < -0.39 is 11.9 Å². The van der Waals surface area contributed by atoms with E-state index in [1.54, 1.807) is 6.92 Å². The lowest BCUT2D eigenvalue weighted by Gasteiger charge is -2.12. The van der Waals surface area contributed by atoms with Gasteiger partial charge in [-0.15, -0.1) is 0 Å². The van der Waals surface area contributed by atoms with Gasteiger partial charge in [0.05, 0.1) is 0 Å². The summed E-state index contributed by atoms with van der Waals surface area (Å²) < 4.78 is 36.9. The molecule has 0 N–H and O–H groups in total. The number of halogens is 3. The normalized spacial score (nSPS) is 12.2. The van der Waals surface area contributed by atoms with Crippen molar-refractivity contribution in [3.8, 4) is 0 Å². The second-order valence-electron chi connectivity index (χ2n) is 3.58. The first-order chi connectivity index (χ1) is 6.32. The van der Waals surface area contributed by atoms with E-state index >= 15 is 0 Å². The van der Waals surface area contributed by atoms with E-state index in [9.17, 15) is 13.2 Å². The van der Waals surface area contributed by atoms with Crippen molar-refractivity contribution in [1.82, 2.24) is 4.98 Å². The lowest BCUT2D eigenvalue weighted by Crippen LogP contribution is -2.09. The average Bonchev–Trinajstić information content (AvgIpc) is 2.02. The lowest BCUT2D eigenvalue weighted by atomic mass is 9.99. The number of rotatable bonds is 1. The van der Waals surface area contributed by atoms with Crippen molar-refractivity contribution >= 4 is 0 Å². The summed E-state index contributed by atoms with van der Waals surface area (Å²) in [5.74, 6) is 0.0825. The van der Waals surface area contributed by atoms with Crippen LogP contribution in [0.3, 0.4) is 0 Å². The van der Waals surface area contributed by atoms with Crippen molar-refractivity contribution in [3.63, 3.8) is 0 Å². The molecule has 0 fully saturated rings. The second kappa shape index (κ2) is 3.59. The summed E-state index contributed by atoms with van der Waals surface area (Å²) in [5, 5.41) is 0. The van der Waals surface area contributed by atoms with E-state index in [1.807, 2.05) is 13.8 Å². The number of pyridine rings is 1. The average molecular weight is 203 g/mol. The van der Waals surface area contributed by atoms with Crippen LogP contribution in [0.15, 0.2) is 12.3 Å². The van der Waals surface area contributed by atoms with E-state index in [0.29, 0.717) is 5.56 Å². The molecule has 0 unspecified atom stereocenters. The Balaban J connectivity index is 3.20. The number of aryl methyl sites for hydroxylation is 1. The molecule has 0 aliphatic carbocycles. The predicted molar refractivity (Wildman–Crippen MR) is 48.1 cm³/mol. The third-order valence-corrected chi connectivity index (χ3v) is 2.06. The van der Waals surface area contributed by atoms with Crippen LogP contribution in [-0.2, 0) is 6.18 Å². The molecule has 0 aromatic carbocycles. The molecule has 78 valence electrons. The first-order valence-electron chi connectivity index (χ1n) is 4.36. The SMILES string of the molecule is Cc1cnc(C(F)(F)F)cc1C(C)C. The molecule has 0 atom stereocenters. The Kier molecular flexibility index (Phi) is 2.83. The van der Waals surface area contributed by atoms with E-state index in [-0.39, 0.29) is 5.92 Å². The topological polar surface area (TPSA) is 12.9 Å². The van der Waals surface area contributed by atoms with Crippen LogP contribution in [0.5, 0.6) is 0 Å². The van der Waals surface area contributed by atoms with Crippen LogP contribution < -0.4 is 0 Å². The summed E-state index contributed by atoms with van der Waals surface area (Å²) in [6, 6.07) is 1.12. The van der Waals surface area contributed by atoms with Gasteiger partial charge in [0.25, 0.3) is 0 Å². The zero-order chi connectivity index (χ0) is 10.9. The summed E-state index contributed by atoms with van der Waals surface area (Å²) in [7, 11) is 0. The van der Waals surface area contributed by atoms with Crippen LogP contribution >= 0.6 is 0 Å². The van der Waals surface area contributed by atoms with Gasteiger partial charge in [-0.25, -0.2) is 0 Å². The Labute approximate surface area is 81.0 Å². The van der Waals surface area contributed by atoms with Crippen LogP contribution in [0.1, 0.15) is 36.6 Å². The molecular formula is C10H12F3N. The van der Waals surface area contributed by atoms with Gasteiger partial charge in [-0.3, -0.25) is 4.98 Å². The quantitative estimate of drug-likeness (QED) is 0.680. The highest BCUT2D eigenvalue weighted by Crippen LogP contribution is 2.30. The third kappa shape index (κ3) is 2.25. The van der Waals surface area contributed by atoms with Gasteiger partial charge >= 0.3 is 6.18 Å². The van der Waals surface area contributed by atoms with Crippen molar-refractivity contribution in [1.29, 1.82) is 0 Å². The molecule has 0 saturated heterocycles. The molecule has 1 aromatic rings. The predicted octanol–water partition coefficient (Wildman–Crippen LogP) is 3.53. The highest BCUT2D eigenvalue weighted by atomic mass is 19.4. The Morgan fingerprint density at radius 3 is 2.29 bits per heavy atom. The fourth-order valence-corrected chi connectivity index (χ4v) is 1.32. The number of nitrogens with zero attached hydrogens (tertiary/aromatic N) is 1. The van der Waals surface area contributed by atoms with Gasteiger partial charge in [0.15, 0.2) is 0 Å². The van der Waals surface area contributed by atoms with Crippen molar-refractivity contribution in [2.24, 2.45) is 0 Å². The number of hydrogen-bond donors (Lipinski definition) is 0. The van der Waals surface area contributed by atoms with Crippen LogP contribution in [0.2, 0.25) is 0 Å². The van der Waals surface area contributed by atoms with Gasteiger partial charge < -0.3 is 0 Å². The van der Waals surface area contributed by atoms with Crippen LogP contribution in [0.25, 0.3) is 0 Å². The summed E-state index contributed by atoms with van der Waals surface area (Å²) in [6.07, 6.45) is -3.07. The van der Waals surface area contributed by atoms with Gasteiger partial charge in [0.1, 0.15) is 5.69 Å². The van der Waals surface area contributed by atoms with Crippen LogP contribution in [0.4, 0.5) is 13.2 Å². The Hall–Kier alpha value is -1.06. The smallest absolute Gasteiger partial charge is 0.251 e. The minimum absolute atomic E-state index is 0.0825. The van der Waals surface area contributed by atoms with E-state index in [2.05, 4.69) is 4.98 Å². The molecule has 0 amide bonds. The molecule has 0 aliphatic rings. The molecule has 4 heteroatoms. The molecule has 0 aliphatic heterocycles. The van der Waals surface area contributed by atoms with Crippen LogP contribution in [-0.4, -0.2) is 4.98 Å². The van der Waals surface area contributed by atoms with Gasteiger partial charge in [0, 0.05) is 6.20 Å². The van der Waals surface area contributed by atoms with E-state index in [0.717, 1.165) is 11.6 Å². The fraction of sp³-hybridized carbons (Fsp3) is 0.500. The van der Waals surface area contributed by atoms with Gasteiger partial charge in [-0.1, -0.05) is 13.8 Å². The fourth-order valence-electron chi connectivity index (χ4n) is 1.32. The molecule has 14 heavy (non-hydrogen) atoms. The minimum Gasteiger partial charge on any atom is -0.251 e. The standard InChI is InChI=1S/C10H12F3N/c1-6(2)8-4-9(10(11,12)13)14-5-7(8)3/h4-6H,1-3H3. The van der Waals surface area contributed by atoms with E-state index in [4.69, 9.17) is 0 Å². The number of alkyl halides is 3. The molecule has 0 radical (unpaired) electrons. The van der Waals surface area contributed by atoms with Crippen molar-refractivity contribution in [2.45, 2.75) is 32.9 Å². The van der Waals surface area contributed by atoms with E-state index in [1.165, 1.54) is 6.20 Å². The molecule has 1 heterocycles. The Bertz CT molecular complexity index is 329. The first-order valence-corrected chi connectivity index (χ1v) is 4.36. The maximum atomic E-state index is 12.3. The van der Waals surface area contributed by atoms with Crippen LogP contribution in [0, 0.1) is 6.92 Å². The summed E-state index contributed by atoms with van der Waals surface area (Å²) in [4.78, 5) is 3.37. The number of hydrogen-bond acceptors (Lipinski definition) is 1. The molecule has 0 bridgehead atoms. The maximum Gasteiger partial charge on any atom is 0.433 e. The van der Waals surface area contributed by atoms with Crippen molar-refractivity contribution in [3.05, 3.63) is 29.1 Å². The Morgan fingerprint density at radius 1 is 1.29 bits per heavy atom.